The highest BCUT2D eigenvalue weighted by Crippen LogP contribution is 2.36. The Morgan fingerprint density at radius 1 is 1.33 bits per heavy atom. The van der Waals surface area contributed by atoms with Gasteiger partial charge in [0.15, 0.2) is 5.75 Å². The molecular formula is C13H11ClINO2. The monoisotopic (exact) mass is 375 g/mol. The predicted octanol–water partition coefficient (Wildman–Crippen LogP) is 3.43. The number of hydrogen-bond acceptors (Lipinski definition) is 2. The van der Waals surface area contributed by atoms with Crippen molar-refractivity contribution in [2.24, 2.45) is 0 Å². The second kappa shape index (κ2) is 4.74. The van der Waals surface area contributed by atoms with Gasteiger partial charge in [0.05, 0.1) is 20.7 Å². The van der Waals surface area contributed by atoms with E-state index in [-0.39, 0.29) is 5.56 Å². The molecule has 0 N–H and O–H groups in total. The highest BCUT2D eigenvalue weighted by Gasteiger charge is 2.17. The van der Waals surface area contributed by atoms with Gasteiger partial charge in [-0.15, -0.1) is 0 Å². The van der Waals surface area contributed by atoms with Crippen LogP contribution in [-0.4, -0.2) is 11.2 Å². The normalized spacial score (nSPS) is 15.0. The minimum atomic E-state index is 0.00677. The molecule has 2 aromatic rings. The van der Waals surface area contributed by atoms with Gasteiger partial charge in [0, 0.05) is 18.0 Å². The Morgan fingerprint density at radius 3 is 3.00 bits per heavy atom. The summed E-state index contributed by atoms with van der Waals surface area (Å²) in [6, 6.07) is 5.24. The maximum Gasteiger partial charge on any atom is 0.251 e. The molecule has 1 aromatic carbocycles. The maximum atomic E-state index is 12.0. The van der Waals surface area contributed by atoms with Gasteiger partial charge in [-0.1, -0.05) is 11.6 Å². The summed E-state index contributed by atoms with van der Waals surface area (Å²) in [7, 11) is 0. The topological polar surface area (TPSA) is 31.2 Å². The molecule has 3 rings (SSSR count). The van der Waals surface area contributed by atoms with Crippen molar-refractivity contribution >= 4 is 45.1 Å². The smallest absolute Gasteiger partial charge is 0.251 e. The lowest BCUT2D eigenvalue weighted by Gasteiger charge is -2.19. The predicted molar refractivity (Wildman–Crippen MR) is 80.7 cm³/mol. The maximum absolute atomic E-state index is 12.0. The first kappa shape index (κ1) is 12.3. The van der Waals surface area contributed by atoms with Gasteiger partial charge < -0.3 is 9.30 Å². The van der Waals surface area contributed by atoms with Crippen LogP contribution in [0.3, 0.4) is 0 Å². The van der Waals surface area contributed by atoms with Gasteiger partial charge in [-0.25, -0.2) is 0 Å². The van der Waals surface area contributed by atoms with Crippen molar-refractivity contribution in [1.29, 1.82) is 0 Å². The molecule has 0 bridgehead atoms. The molecule has 0 saturated carbocycles. The Kier molecular flexibility index (Phi) is 3.23. The van der Waals surface area contributed by atoms with Gasteiger partial charge in [-0.2, -0.15) is 0 Å². The lowest BCUT2D eigenvalue weighted by atomic mass is 10.1. The molecule has 5 heteroatoms. The zero-order valence-electron chi connectivity index (χ0n) is 9.58. The van der Waals surface area contributed by atoms with Gasteiger partial charge in [-0.05, 0) is 47.6 Å². The van der Waals surface area contributed by atoms with E-state index < -0.39 is 0 Å². The number of hydrogen-bond donors (Lipinski definition) is 0. The first-order valence-electron chi connectivity index (χ1n) is 5.83. The summed E-state index contributed by atoms with van der Waals surface area (Å²) in [4.78, 5) is 12.0. The standard InChI is InChI=1S/C13H11ClINO2/c14-9-7-10(15)13-12-8(9)3-4-11(17)16(12)5-1-2-6-18-13/h3-4,7H,1-2,5-6H2. The Bertz CT molecular complexity index is 681. The van der Waals surface area contributed by atoms with Gasteiger partial charge in [-0.3, -0.25) is 4.79 Å². The molecule has 2 heterocycles. The van der Waals surface area contributed by atoms with Crippen LogP contribution in [0.5, 0.6) is 5.75 Å². The highest BCUT2D eigenvalue weighted by molar-refractivity contribution is 14.1. The van der Waals surface area contributed by atoms with Crippen molar-refractivity contribution < 1.29 is 4.74 Å². The number of aryl methyl sites for hydroxylation is 1. The van der Waals surface area contributed by atoms with Crippen LogP contribution in [0.2, 0.25) is 5.02 Å². The molecule has 0 saturated heterocycles. The average molecular weight is 376 g/mol. The number of ether oxygens (including phenoxy) is 1. The van der Waals surface area contributed by atoms with Crippen molar-refractivity contribution in [2.45, 2.75) is 19.4 Å². The van der Waals surface area contributed by atoms with E-state index in [4.69, 9.17) is 16.3 Å². The fourth-order valence-electron chi connectivity index (χ4n) is 2.29. The molecule has 0 radical (unpaired) electrons. The third kappa shape index (κ3) is 1.91. The van der Waals surface area contributed by atoms with Gasteiger partial charge in [0.25, 0.3) is 5.56 Å². The van der Waals surface area contributed by atoms with Crippen LogP contribution in [0.25, 0.3) is 10.9 Å². The molecular weight excluding hydrogens is 365 g/mol. The molecule has 0 spiro atoms. The summed E-state index contributed by atoms with van der Waals surface area (Å²) in [5, 5.41) is 1.55. The van der Waals surface area contributed by atoms with Crippen LogP contribution in [0, 0.1) is 3.57 Å². The third-order valence-electron chi connectivity index (χ3n) is 3.15. The second-order valence-corrected chi connectivity index (χ2v) is 5.88. The van der Waals surface area contributed by atoms with Gasteiger partial charge in [0.2, 0.25) is 0 Å². The zero-order valence-corrected chi connectivity index (χ0v) is 12.5. The Labute approximate surface area is 123 Å². The lowest BCUT2D eigenvalue weighted by molar-refractivity contribution is 0.296. The number of aromatic nitrogens is 1. The zero-order chi connectivity index (χ0) is 12.7. The van der Waals surface area contributed by atoms with Crippen molar-refractivity contribution in [1.82, 2.24) is 4.57 Å². The molecule has 1 aliphatic heterocycles. The Balaban J connectivity index is 2.49. The molecule has 3 nitrogen and oxygen atoms in total. The third-order valence-corrected chi connectivity index (χ3v) is 4.26. The molecule has 18 heavy (non-hydrogen) atoms. The summed E-state index contributed by atoms with van der Waals surface area (Å²) in [5.74, 6) is 0.785. The van der Waals surface area contributed by atoms with E-state index in [1.807, 2.05) is 6.07 Å². The van der Waals surface area contributed by atoms with E-state index in [0.717, 1.165) is 39.6 Å². The Morgan fingerprint density at radius 2 is 2.17 bits per heavy atom. The molecule has 0 unspecified atom stereocenters. The minimum Gasteiger partial charge on any atom is -0.490 e. The summed E-state index contributed by atoms with van der Waals surface area (Å²) in [5.41, 5.74) is 0.839. The summed E-state index contributed by atoms with van der Waals surface area (Å²) in [6.07, 6.45) is 1.91. The fourth-order valence-corrected chi connectivity index (χ4v) is 3.46. The molecule has 0 fully saturated rings. The van der Waals surface area contributed by atoms with E-state index in [0.29, 0.717) is 11.6 Å². The van der Waals surface area contributed by atoms with Crippen molar-refractivity contribution in [3.63, 3.8) is 0 Å². The number of halogens is 2. The van der Waals surface area contributed by atoms with Crippen LogP contribution in [0.4, 0.5) is 0 Å². The highest BCUT2D eigenvalue weighted by atomic mass is 127. The van der Waals surface area contributed by atoms with Crippen LogP contribution in [0.1, 0.15) is 12.8 Å². The van der Waals surface area contributed by atoms with Crippen LogP contribution < -0.4 is 10.3 Å². The van der Waals surface area contributed by atoms with Gasteiger partial charge in [0.1, 0.15) is 0 Å². The Hall–Kier alpha value is -0.750. The van der Waals surface area contributed by atoms with Crippen LogP contribution in [-0.2, 0) is 6.54 Å². The van der Waals surface area contributed by atoms with Crippen molar-refractivity contribution in [3.8, 4) is 5.75 Å². The molecule has 0 atom stereocenters. The molecule has 94 valence electrons. The first-order chi connectivity index (χ1) is 8.68. The quantitative estimate of drug-likeness (QED) is 0.661. The summed E-state index contributed by atoms with van der Waals surface area (Å²) < 4.78 is 8.54. The van der Waals surface area contributed by atoms with E-state index >= 15 is 0 Å². The first-order valence-corrected chi connectivity index (χ1v) is 7.28. The average Bonchev–Trinajstić information content (AvgIpc) is 2.29. The largest absolute Gasteiger partial charge is 0.490 e. The van der Waals surface area contributed by atoms with Crippen molar-refractivity contribution in [3.05, 3.63) is 37.1 Å². The fraction of sp³-hybridized carbons (Fsp3) is 0.308. The summed E-state index contributed by atoms with van der Waals surface area (Å²) in [6.45, 7) is 1.42. The molecule has 0 aliphatic carbocycles. The minimum absolute atomic E-state index is 0.00677. The summed E-state index contributed by atoms with van der Waals surface area (Å²) >= 11 is 8.46. The number of benzene rings is 1. The SMILES string of the molecule is O=c1ccc2c(Cl)cc(I)c3c2n1CCCCO3. The molecule has 1 aliphatic rings. The molecule has 1 aromatic heterocycles. The van der Waals surface area contributed by atoms with E-state index in [2.05, 4.69) is 22.6 Å². The number of pyridine rings is 1. The van der Waals surface area contributed by atoms with Crippen molar-refractivity contribution in [2.75, 3.05) is 6.61 Å². The second-order valence-electron chi connectivity index (χ2n) is 4.31. The van der Waals surface area contributed by atoms with Crippen LogP contribution >= 0.6 is 34.2 Å². The van der Waals surface area contributed by atoms with E-state index in [9.17, 15) is 4.79 Å². The number of nitrogens with zero attached hydrogens (tertiary/aromatic N) is 1. The van der Waals surface area contributed by atoms with E-state index in [1.165, 1.54) is 0 Å². The van der Waals surface area contributed by atoms with Crippen LogP contribution in [0.15, 0.2) is 23.0 Å². The number of rotatable bonds is 0. The lowest BCUT2D eigenvalue weighted by Crippen LogP contribution is -2.22. The van der Waals surface area contributed by atoms with Gasteiger partial charge >= 0.3 is 0 Å². The molecule has 0 amide bonds. The van der Waals surface area contributed by atoms with E-state index in [1.54, 1.807) is 16.7 Å².